The second kappa shape index (κ2) is 8.47. The van der Waals surface area contributed by atoms with Gasteiger partial charge >= 0.3 is 0 Å². The predicted octanol–water partition coefficient (Wildman–Crippen LogP) is 3.69. The summed E-state index contributed by atoms with van der Waals surface area (Å²) in [5.74, 6) is 0. The molecule has 0 N–H and O–H groups in total. The molecule has 0 atom stereocenters. The van der Waals surface area contributed by atoms with Gasteiger partial charge in [-0.3, -0.25) is 0 Å². The van der Waals surface area contributed by atoms with Crippen molar-refractivity contribution in [3.05, 3.63) is 43.0 Å². The van der Waals surface area contributed by atoms with Crippen LogP contribution in [-0.4, -0.2) is 24.1 Å². The number of imidazole rings is 2. The van der Waals surface area contributed by atoms with E-state index in [4.69, 9.17) is 0 Å². The summed E-state index contributed by atoms with van der Waals surface area (Å²) in [6.07, 6.45) is 7.42. The lowest BCUT2D eigenvalue weighted by atomic mass is 10.5. The molecule has 0 unspecified atom stereocenters. The van der Waals surface area contributed by atoms with Crippen molar-refractivity contribution < 1.29 is 0 Å². The molecule has 0 fully saturated rings. The van der Waals surface area contributed by atoms with Crippen molar-refractivity contribution in [2.75, 3.05) is 0 Å². The molecule has 0 bridgehead atoms. The van der Waals surface area contributed by atoms with E-state index in [1.54, 1.807) is 35.9 Å². The molecule has 0 aromatic carbocycles. The third-order valence-corrected chi connectivity index (χ3v) is 4.67. The fourth-order valence-electron chi connectivity index (χ4n) is 1.60. The summed E-state index contributed by atoms with van der Waals surface area (Å²) in [5, 5.41) is 3.71. The molecule has 0 aliphatic carbocycles. The van der Waals surface area contributed by atoms with Gasteiger partial charge in [0.1, 0.15) is 10.1 Å². The van der Waals surface area contributed by atoms with Gasteiger partial charge in [0, 0.05) is 38.9 Å². The summed E-state index contributed by atoms with van der Waals surface area (Å²) < 4.78 is 3.95. The number of aromatic nitrogens is 5. The summed E-state index contributed by atoms with van der Waals surface area (Å²) in [6, 6.07) is 5.98. The Morgan fingerprint density at radius 3 is 1.64 bits per heavy atom. The number of pyridine rings is 1. The maximum atomic E-state index is 4.62. The monoisotopic (exact) mass is 375 g/mol. The average molecular weight is 376 g/mol. The zero-order chi connectivity index (χ0) is 13.9. The highest BCUT2D eigenvalue weighted by Gasteiger charge is 2.07. The molecule has 0 saturated carbocycles. The second-order valence-corrected chi connectivity index (χ2v) is 6.13. The van der Waals surface area contributed by atoms with Gasteiger partial charge in [0.2, 0.25) is 0 Å². The Morgan fingerprint density at radius 2 is 1.27 bits per heavy atom. The Labute approximate surface area is 149 Å². The molecule has 0 radical (unpaired) electrons. The molecule has 0 amide bonds. The standard InChI is InChI=1S/C13H13N5S2.2ClH/c1-17-8-6-14-12(17)19-10-4-3-5-11(16-10)20-13-15-7-9-18(13)2;;/h3-9H,1-2H3;2*1H. The molecule has 22 heavy (non-hydrogen) atoms. The van der Waals surface area contributed by atoms with Gasteiger partial charge in [-0.05, 0) is 35.7 Å². The highest BCUT2D eigenvalue weighted by molar-refractivity contribution is 7.99. The van der Waals surface area contributed by atoms with Crippen LogP contribution >= 0.6 is 48.3 Å². The summed E-state index contributed by atoms with van der Waals surface area (Å²) in [4.78, 5) is 13.2. The normalized spacial score (nSPS) is 9.91. The third kappa shape index (κ3) is 4.42. The van der Waals surface area contributed by atoms with Crippen LogP contribution in [0.3, 0.4) is 0 Å². The van der Waals surface area contributed by atoms with Gasteiger partial charge in [-0.2, -0.15) is 0 Å². The Hall–Kier alpha value is -1.15. The van der Waals surface area contributed by atoms with Gasteiger partial charge in [0.25, 0.3) is 0 Å². The Bertz CT molecular complexity index is 671. The Kier molecular flexibility index (Phi) is 7.28. The van der Waals surface area contributed by atoms with Gasteiger partial charge in [-0.25, -0.2) is 15.0 Å². The minimum atomic E-state index is 0. The van der Waals surface area contributed by atoms with Crippen molar-refractivity contribution in [1.82, 2.24) is 24.1 Å². The van der Waals surface area contributed by atoms with E-state index in [-0.39, 0.29) is 24.8 Å². The van der Waals surface area contributed by atoms with E-state index in [0.717, 1.165) is 20.4 Å². The van der Waals surface area contributed by atoms with Crippen LogP contribution in [0.4, 0.5) is 0 Å². The number of hydrogen-bond acceptors (Lipinski definition) is 5. The molecule has 118 valence electrons. The summed E-state index contributed by atoms with van der Waals surface area (Å²) in [7, 11) is 3.95. The zero-order valence-corrected chi connectivity index (χ0v) is 15.2. The molecule has 0 aliphatic rings. The molecule has 9 heteroatoms. The summed E-state index contributed by atoms with van der Waals surface area (Å²) in [5.41, 5.74) is 0. The molecular formula is C13H15Cl2N5S2. The van der Waals surface area contributed by atoms with Crippen LogP contribution < -0.4 is 0 Å². The second-order valence-electron chi connectivity index (χ2n) is 4.16. The van der Waals surface area contributed by atoms with Crippen LogP contribution in [0, 0.1) is 0 Å². The van der Waals surface area contributed by atoms with Crippen LogP contribution in [0.25, 0.3) is 0 Å². The molecule has 3 aromatic rings. The largest absolute Gasteiger partial charge is 0.329 e. The number of nitrogens with zero attached hydrogens (tertiary/aromatic N) is 5. The van der Waals surface area contributed by atoms with Gasteiger partial charge in [0.05, 0.1) is 0 Å². The van der Waals surface area contributed by atoms with Crippen molar-refractivity contribution in [3.63, 3.8) is 0 Å². The van der Waals surface area contributed by atoms with E-state index in [2.05, 4.69) is 15.0 Å². The topological polar surface area (TPSA) is 48.5 Å². The highest BCUT2D eigenvalue weighted by atomic mass is 35.5. The molecule has 3 rings (SSSR count). The van der Waals surface area contributed by atoms with E-state index >= 15 is 0 Å². The fourth-order valence-corrected chi connectivity index (χ4v) is 3.25. The van der Waals surface area contributed by atoms with Crippen LogP contribution in [0.2, 0.25) is 0 Å². The van der Waals surface area contributed by atoms with Crippen molar-refractivity contribution in [1.29, 1.82) is 0 Å². The van der Waals surface area contributed by atoms with Gasteiger partial charge in [0.15, 0.2) is 10.3 Å². The van der Waals surface area contributed by atoms with Crippen LogP contribution in [0.1, 0.15) is 0 Å². The number of halogens is 2. The first kappa shape index (κ1) is 18.9. The van der Waals surface area contributed by atoms with Crippen LogP contribution in [0.15, 0.2) is 63.4 Å². The van der Waals surface area contributed by atoms with E-state index in [1.165, 1.54) is 0 Å². The van der Waals surface area contributed by atoms with E-state index in [9.17, 15) is 0 Å². The molecule has 0 aliphatic heterocycles. The quantitative estimate of drug-likeness (QED) is 0.695. The molecule has 3 aromatic heterocycles. The molecular weight excluding hydrogens is 361 g/mol. The summed E-state index contributed by atoms with van der Waals surface area (Å²) >= 11 is 3.10. The van der Waals surface area contributed by atoms with Crippen LogP contribution in [0.5, 0.6) is 0 Å². The minimum absolute atomic E-state index is 0. The highest BCUT2D eigenvalue weighted by Crippen LogP contribution is 2.28. The van der Waals surface area contributed by atoms with Crippen molar-refractivity contribution in [3.8, 4) is 0 Å². The van der Waals surface area contributed by atoms with Gasteiger partial charge in [-0.1, -0.05) is 6.07 Å². The molecule has 5 nitrogen and oxygen atoms in total. The van der Waals surface area contributed by atoms with E-state index in [1.807, 2.05) is 53.8 Å². The Morgan fingerprint density at radius 1 is 0.818 bits per heavy atom. The van der Waals surface area contributed by atoms with Crippen molar-refractivity contribution >= 4 is 48.3 Å². The smallest absolute Gasteiger partial charge is 0.174 e. The first-order valence-electron chi connectivity index (χ1n) is 6.00. The lowest BCUT2D eigenvalue weighted by Crippen LogP contribution is -1.92. The third-order valence-electron chi connectivity index (χ3n) is 2.64. The minimum Gasteiger partial charge on any atom is -0.329 e. The summed E-state index contributed by atoms with van der Waals surface area (Å²) in [6.45, 7) is 0. The van der Waals surface area contributed by atoms with E-state index in [0.29, 0.717) is 0 Å². The van der Waals surface area contributed by atoms with Gasteiger partial charge < -0.3 is 9.13 Å². The van der Waals surface area contributed by atoms with Crippen molar-refractivity contribution in [2.45, 2.75) is 20.4 Å². The Balaban J connectivity index is 0.00000121. The maximum Gasteiger partial charge on any atom is 0.174 e. The fraction of sp³-hybridized carbons (Fsp3) is 0.154. The lowest BCUT2D eigenvalue weighted by molar-refractivity contribution is 0.784. The first-order valence-corrected chi connectivity index (χ1v) is 7.63. The lowest BCUT2D eigenvalue weighted by Gasteiger charge is -2.04. The number of rotatable bonds is 4. The first-order chi connectivity index (χ1) is 9.72. The average Bonchev–Trinajstić information content (AvgIpc) is 3.01. The zero-order valence-electron chi connectivity index (χ0n) is 11.9. The van der Waals surface area contributed by atoms with E-state index < -0.39 is 0 Å². The molecule has 0 spiro atoms. The predicted molar refractivity (Wildman–Crippen MR) is 93.4 cm³/mol. The SMILES string of the molecule is Cl.Cl.Cn1ccnc1Sc1cccc(Sc2nccn2C)n1. The number of aryl methyl sites for hydroxylation is 2. The van der Waals surface area contributed by atoms with Gasteiger partial charge in [-0.15, -0.1) is 24.8 Å². The number of hydrogen-bond donors (Lipinski definition) is 0. The molecule has 0 saturated heterocycles. The molecule has 3 heterocycles. The maximum absolute atomic E-state index is 4.62. The van der Waals surface area contributed by atoms with Crippen molar-refractivity contribution in [2.24, 2.45) is 14.1 Å². The van der Waals surface area contributed by atoms with Crippen LogP contribution in [-0.2, 0) is 14.1 Å².